The van der Waals surface area contributed by atoms with Crippen molar-refractivity contribution in [2.75, 3.05) is 6.61 Å². The van der Waals surface area contributed by atoms with Gasteiger partial charge in [0.05, 0.1) is 22.7 Å². The zero-order valence-electron chi connectivity index (χ0n) is 9.11. The summed E-state index contributed by atoms with van der Waals surface area (Å²) in [5.41, 5.74) is 0.759. The molecule has 0 radical (unpaired) electrons. The van der Waals surface area contributed by atoms with Crippen LogP contribution < -0.4 is 0 Å². The first-order valence-corrected chi connectivity index (χ1v) is 5.45. The number of rotatable bonds is 2. The highest BCUT2D eigenvalue weighted by Gasteiger charge is 2.14. The predicted molar refractivity (Wildman–Crippen MR) is 64.4 cm³/mol. The molecule has 0 amide bonds. The Hall–Kier alpha value is -1.81. The highest BCUT2D eigenvalue weighted by atomic mass is 35.5. The maximum atomic E-state index is 11.6. The molecular formula is C12H10ClNO3. The van der Waals surface area contributed by atoms with E-state index in [1.807, 2.05) is 0 Å². The minimum Gasteiger partial charge on any atom is -0.508 e. The van der Waals surface area contributed by atoms with Gasteiger partial charge in [-0.15, -0.1) is 0 Å². The molecule has 0 aliphatic heterocycles. The van der Waals surface area contributed by atoms with Crippen molar-refractivity contribution in [1.29, 1.82) is 0 Å². The molecule has 4 nitrogen and oxygen atoms in total. The Bertz CT molecular complexity index is 583. The number of esters is 1. The number of carbonyl (C=O) groups excluding carboxylic acids is 1. The Labute approximate surface area is 103 Å². The highest BCUT2D eigenvalue weighted by Crippen LogP contribution is 2.28. The maximum Gasteiger partial charge on any atom is 0.341 e. The number of phenols is 1. The third-order valence-corrected chi connectivity index (χ3v) is 2.69. The van der Waals surface area contributed by atoms with Crippen molar-refractivity contribution in [3.63, 3.8) is 0 Å². The Morgan fingerprint density at radius 2 is 2.29 bits per heavy atom. The van der Waals surface area contributed by atoms with Crippen molar-refractivity contribution in [2.24, 2.45) is 0 Å². The van der Waals surface area contributed by atoms with Gasteiger partial charge in [-0.2, -0.15) is 0 Å². The first kappa shape index (κ1) is 11.7. The lowest BCUT2D eigenvalue weighted by Crippen LogP contribution is -2.06. The van der Waals surface area contributed by atoms with Crippen LogP contribution in [0.1, 0.15) is 17.3 Å². The van der Waals surface area contributed by atoms with Gasteiger partial charge >= 0.3 is 5.97 Å². The van der Waals surface area contributed by atoms with E-state index in [9.17, 15) is 9.90 Å². The summed E-state index contributed by atoms with van der Waals surface area (Å²) in [5, 5.41) is 10.2. The molecule has 1 aromatic heterocycles. The third-order valence-electron chi connectivity index (χ3n) is 2.28. The normalized spacial score (nSPS) is 10.5. The molecule has 17 heavy (non-hydrogen) atoms. The van der Waals surface area contributed by atoms with Gasteiger partial charge in [0, 0.05) is 17.6 Å². The van der Waals surface area contributed by atoms with Gasteiger partial charge in [0.25, 0.3) is 0 Å². The molecule has 2 aromatic rings. The summed E-state index contributed by atoms with van der Waals surface area (Å²) in [6, 6.07) is 4.59. The van der Waals surface area contributed by atoms with Crippen LogP contribution in [0, 0.1) is 0 Å². The highest BCUT2D eigenvalue weighted by molar-refractivity contribution is 6.38. The largest absolute Gasteiger partial charge is 0.508 e. The number of hydrogen-bond acceptors (Lipinski definition) is 4. The van der Waals surface area contributed by atoms with Crippen molar-refractivity contribution >= 4 is 28.5 Å². The number of aromatic hydroxyl groups is 1. The monoisotopic (exact) mass is 251 g/mol. The summed E-state index contributed by atoms with van der Waals surface area (Å²) in [5.74, 6) is -0.398. The van der Waals surface area contributed by atoms with E-state index in [1.165, 1.54) is 18.3 Å². The molecule has 0 fully saturated rings. The van der Waals surface area contributed by atoms with Gasteiger partial charge in [-0.05, 0) is 19.1 Å². The van der Waals surface area contributed by atoms with Crippen LogP contribution in [0.5, 0.6) is 5.75 Å². The van der Waals surface area contributed by atoms with E-state index < -0.39 is 5.97 Å². The van der Waals surface area contributed by atoms with Gasteiger partial charge in [0.1, 0.15) is 5.75 Å². The summed E-state index contributed by atoms with van der Waals surface area (Å²) in [7, 11) is 0. The van der Waals surface area contributed by atoms with Crippen LogP contribution in [0.4, 0.5) is 0 Å². The summed E-state index contributed by atoms with van der Waals surface area (Å²) < 4.78 is 4.87. The second-order valence-corrected chi connectivity index (χ2v) is 3.79. The fraction of sp³-hybridized carbons (Fsp3) is 0.167. The fourth-order valence-corrected chi connectivity index (χ4v) is 1.79. The molecule has 0 spiro atoms. The quantitative estimate of drug-likeness (QED) is 0.834. The van der Waals surface area contributed by atoms with Crippen molar-refractivity contribution in [1.82, 2.24) is 4.98 Å². The molecule has 1 heterocycles. The summed E-state index contributed by atoms with van der Waals surface area (Å²) in [6.45, 7) is 2.00. The third kappa shape index (κ3) is 2.17. The number of fused-ring (bicyclic) bond motifs is 1. The number of carbonyl (C=O) groups is 1. The van der Waals surface area contributed by atoms with Crippen LogP contribution in [-0.4, -0.2) is 22.7 Å². The molecule has 2 rings (SSSR count). The molecule has 5 heteroatoms. The minimum absolute atomic E-state index is 0.102. The average molecular weight is 252 g/mol. The molecule has 0 saturated carbocycles. The van der Waals surface area contributed by atoms with Crippen LogP contribution in [-0.2, 0) is 4.74 Å². The SMILES string of the molecule is CCOC(=O)c1cnc2cc(O)ccc2c1Cl. The molecule has 0 bridgehead atoms. The van der Waals surface area contributed by atoms with E-state index >= 15 is 0 Å². The molecular weight excluding hydrogens is 242 g/mol. The van der Waals surface area contributed by atoms with Crippen LogP contribution in [0.25, 0.3) is 10.9 Å². The zero-order chi connectivity index (χ0) is 12.4. The number of nitrogens with zero attached hydrogens (tertiary/aromatic N) is 1. The van der Waals surface area contributed by atoms with Crippen LogP contribution >= 0.6 is 11.6 Å². The van der Waals surface area contributed by atoms with Gasteiger partial charge in [-0.25, -0.2) is 4.79 Å². The predicted octanol–water partition coefficient (Wildman–Crippen LogP) is 2.77. The lowest BCUT2D eigenvalue weighted by atomic mass is 10.1. The Balaban J connectivity index is 2.58. The molecule has 0 unspecified atom stereocenters. The summed E-state index contributed by atoms with van der Waals surface area (Å²) in [6.07, 6.45) is 1.35. The molecule has 1 N–H and O–H groups in total. The van der Waals surface area contributed by atoms with Gasteiger partial charge in [-0.1, -0.05) is 11.6 Å². The second-order valence-electron chi connectivity index (χ2n) is 3.41. The van der Waals surface area contributed by atoms with Crippen LogP contribution in [0.3, 0.4) is 0 Å². The van der Waals surface area contributed by atoms with Crippen LogP contribution in [0.2, 0.25) is 5.02 Å². The van der Waals surface area contributed by atoms with E-state index in [2.05, 4.69) is 4.98 Å². The Kier molecular flexibility index (Phi) is 3.15. The molecule has 1 aromatic carbocycles. The van der Waals surface area contributed by atoms with E-state index in [0.29, 0.717) is 10.9 Å². The first-order chi connectivity index (χ1) is 8.13. The molecule has 0 aliphatic rings. The zero-order valence-corrected chi connectivity index (χ0v) is 9.86. The standard InChI is InChI=1S/C12H10ClNO3/c1-2-17-12(16)9-6-14-10-5-7(15)3-4-8(10)11(9)13/h3-6,15H,2H2,1H3. The number of pyridine rings is 1. The lowest BCUT2D eigenvalue weighted by molar-refractivity contribution is 0.0526. The van der Waals surface area contributed by atoms with Gasteiger partial charge in [-0.3, -0.25) is 4.98 Å². The van der Waals surface area contributed by atoms with Crippen molar-refractivity contribution in [3.8, 4) is 5.75 Å². The van der Waals surface area contributed by atoms with E-state index in [4.69, 9.17) is 16.3 Å². The summed E-state index contributed by atoms with van der Waals surface area (Å²) in [4.78, 5) is 15.6. The number of ether oxygens (including phenoxy) is 1. The van der Waals surface area contributed by atoms with Crippen molar-refractivity contribution in [2.45, 2.75) is 6.92 Å². The van der Waals surface area contributed by atoms with Gasteiger partial charge in [0.15, 0.2) is 0 Å². The minimum atomic E-state index is -0.500. The number of halogens is 1. The van der Waals surface area contributed by atoms with Crippen molar-refractivity contribution in [3.05, 3.63) is 35.0 Å². The molecule has 88 valence electrons. The van der Waals surface area contributed by atoms with Crippen LogP contribution in [0.15, 0.2) is 24.4 Å². The number of hydrogen-bond donors (Lipinski definition) is 1. The molecule has 0 aliphatic carbocycles. The summed E-state index contributed by atoms with van der Waals surface area (Å²) >= 11 is 6.10. The van der Waals surface area contributed by atoms with E-state index in [-0.39, 0.29) is 22.9 Å². The Morgan fingerprint density at radius 3 is 3.00 bits per heavy atom. The maximum absolute atomic E-state index is 11.6. The molecule has 0 saturated heterocycles. The fourth-order valence-electron chi connectivity index (χ4n) is 1.50. The van der Waals surface area contributed by atoms with E-state index in [0.717, 1.165) is 0 Å². The number of aromatic nitrogens is 1. The second kappa shape index (κ2) is 4.59. The average Bonchev–Trinajstić information content (AvgIpc) is 2.29. The molecule has 0 atom stereocenters. The van der Waals surface area contributed by atoms with Gasteiger partial charge < -0.3 is 9.84 Å². The Morgan fingerprint density at radius 1 is 1.53 bits per heavy atom. The number of phenolic OH excluding ortho intramolecular Hbond substituents is 1. The van der Waals surface area contributed by atoms with Crippen molar-refractivity contribution < 1.29 is 14.6 Å². The smallest absolute Gasteiger partial charge is 0.341 e. The topological polar surface area (TPSA) is 59.4 Å². The van der Waals surface area contributed by atoms with E-state index in [1.54, 1.807) is 13.0 Å². The lowest BCUT2D eigenvalue weighted by Gasteiger charge is -2.06. The van der Waals surface area contributed by atoms with Gasteiger partial charge in [0.2, 0.25) is 0 Å². The number of benzene rings is 1. The first-order valence-electron chi connectivity index (χ1n) is 5.08.